The maximum absolute atomic E-state index is 13.9. The number of benzene rings is 1. The van der Waals surface area contributed by atoms with E-state index in [1.165, 1.54) is 12.1 Å². The topological polar surface area (TPSA) is 104 Å². The molecule has 5 rings (SSSR count). The van der Waals surface area contributed by atoms with E-state index in [1.54, 1.807) is 12.1 Å². The van der Waals surface area contributed by atoms with E-state index in [0.717, 1.165) is 43.3 Å². The van der Waals surface area contributed by atoms with Crippen LogP contribution in [-0.4, -0.2) is 58.2 Å². The first kappa shape index (κ1) is 18.8. The number of hydrogen-bond donors (Lipinski definition) is 3. The third kappa shape index (κ3) is 3.14. The Morgan fingerprint density at radius 1 is 1.30 bits per heavy atom. The van der Waals surface area contributed by atoms with Gasteiger partial charge in [0.15, 0.2) is 11.6 Å². The van der Waals surface area contributed by atoms with Crippen molar-refractivity contribution in [2.45, 2.75) is 12.5 Å². The summed E-state index contributed by atoms with van der Waals surface area (Å²) in [7, 11) is 0. The van der Waals surface area contributed by atoms with E-state index in [0.29, 0.717) is 27.9 Å². The minimum Gasteiger partial charge on any atom is -0.505 e. The number of fused-ring (bicyclic) bond motifs is 3. The molecular formula is C22H21FN4O3. The van der Waals surface area contributed by atoms with E-state index in [4.69, 9.17) is 15.5 Å². The van der Waals surface area contributed by atoms with Crippen molar-refractivity contribution in [1.82, 2.24) is 14.9 Å². The third-order valence-electron chi connectivity index (χ3n) is 5.77. The van der Waals surface area contributed by atoms with Crippen molar-refractivity contribution in [3.05, 3.63) is 46.2 Å². The van der Waals surface area contributed by atoms with Crippen molar-refractivity contribution in [3.63, 3.8) is 0 Å². The van der Waals surface area contributed by atoms with Gasteiger partial charge in [-0.15, -0.1) is 0 Å². The second-order valence-electron chi connectivity index (χ2n) is 7.58. The number of pyridine rings is 1. The number of halogens is 1. The smallest absolute Gasteiger partial charge is 0.250 e. The van der Waals surface area contributed by atoms with Gasteiger partial charge in [-0.2, -0.15) is 0 Å². The number of carbonyl (C=O) groups excluding carboxylic acids is 1. The van der Waals surface area contributed by atoms with Gasteiger partial charge in [0.1, 0.15) is 0 Å². The fourth-order valence-electron chi connectivity index (χ4n) is 4.21. The fraction of sp³-hybridized carbons (Fsp3) is 0.273. The number of nitrogens with two attached hydrogens (primary N) is 1. The Labute approximate surface area is 171 Å². The predicted molar refractivity (Wildman–Crippen MR) is 111 cm³/mol. The number of carbonyl (C=O) groups is 1. The van der Waals surface area contributed by atoms with Crippen molar-refractivity contribution in [2.24, 2.45) is 5.73 Å². The van der Waals surface area contributed by atoms with Crippen LogP contribution in [0.3, 0.4) is 0 Å². The van der Waals surface area contributed by atoms with E-state index in [1.807, 2.05) is 0 Å². The SMILES string of the molecule is NC(=O)c1cc(-c2ccc(O)c(F)c2)nc2c3c([nH]c12)=CC(N1CCOCC1)CC=3. The quantitative estimate of drug-likeness (QED) is 0.596. The maximum atomic E-state index is 13.9. The number of primary amides is 1. The summed E-state index contributed by atoms with van der Waals surface area (Å²) in [5.74, 6) is -1.78. The molecule has 1 saturated heterocycles. The molecular weight excluding hydrogens is 387 g/mol. The van der Waals surface area contributed by atoms with E-state index in [2.05, 4.69) is 22.0 Å². The second-order valence-corrected chi connectivity index (χ2v) is 7.58. The molecule has 1 aromatic carbocycles. The summed E-state index contributed by atoms with van der Waals surface area (Å²) in [5, 5.41) is 11.3. The second kappa shape index (κ2) is 7.23. The number of aromatic amines is 1. The van der Waals surface area contributed by atoms with Gasteiger partial charge >= 0.3 is 0 Å². The van der Waals surface area contributed by atoms with Crippen LogP contribution in [0.4, 0.5) is 4.39 Å². The number of nitrogens with one attached hydrogen (secondary N) is 1. The predicted octanol–water partition coefficient (Wildman–Crippen LogP) is 0.839. The number of amides is 1. The Hall–Kier alpha value is -3.23. The number of aromatic hydroxyl groups is 1. The van der Waals surface area contributed by atoms with Gasteiger partial charge in [0, 0.05) is 35.3 Å². The third-order valence-corrected chi connectivity index (χ3v) is 5.77. The molecule has 30 heavy (non-hydrogen) atoms. The highest BCUT2D eigenvalue weighted by Crippen LogP contribution is 2.26. The normalized spacial score (nSPS) is 19.2. The molecule has 2 aromatic heterocycles. The van der Waals surface area contributed by atoms with Crippen LogP contribution in [0.2, 0.25) is 0 Å². The number of ether oxygens (including phenoxy) is 1. The number of phenols is 1. The van der Waals surface area contributed by atoms with Crippen molar-refractivity contribution < 1.29 is 19.0 Å². The average molecular weight is 408 g/mol. The average Bonchev–Trinajstić information content (AvgIpc) is 3.13. The molecule has 0 bridgehead atoms. The monoisotopic (exact) mass is 408 g/mol. The zero-order valence-electron chi connectivity index (χ0n) is 16.2. The highest BCUT2D eigenvalue weighted by molar-refractivity contribution is 6.05. The number of H-pyrrole nitrogens is 1. The van der Waals surface area contributed by atoms with E-state index in [9.17, 15) is 14.3 Å². The first-order chi connectivity index (χ1) is 14.5. The van der Waals surface area contributed by atoms with Gasteiger partial charge in [-0.25, -0.2) is 9.37 Å². The van der Waals surface area contributed by atoms with Gasteiger partial charge in [-0.3, -0.25) is 9.69 Å². The molecule has 0 saturated carbocycles. The van der Waals surface area contributed by atoms with Gasteiger partial charge in [-0.1, -0.05) is 6.08 Å². The van der Waals surface area contributed by atoms with Crippen LogP contribution in [0.15, 0.2) is 24.3 Å². The highest BCUT2D eigenvalue weighted by atomic mass is 19.1. The van der Waals surface area contributed by atoms with E-state index >= 15 is 0 Å². The summed E-state index contributed by atoms with van der Waals surface area (Å²) in [6, 6.07) is 5.81. The van der Waals surface area contributed by atoms with Gasteiger partial charge in [-0.05, 0) is 36.8 Å². The molecule has 1 aliphatic carbocycles. The first-order valence-corrected chi connectivity index (χ1v) is 9.86. The molecule has 1 aliphatic heterocycles. The number of rotatable bonds is 3. The summed E-state index contributed by atoms with van der Waals surface area (Å²) >= 11 is 0. The molecule has 0 spiro atoms. The highest BCUT2D eigenvalue weighted by Gasteiger charge is 2.22. The molecule has 2 aliphatic rings. The summed E-state index contributed by atoms with van der Waals surface area (Å²) < 4.78 is 19.3. The molecule has 4 N–H and O–H groups in total. The lowest BCUT2D eigenvalue weighted by atomic mass is 10.0. The van der Waals surface area contributed by atoms with Crippen LogP contribution in [-0.2, 0) is 4.74 Å². The van der Waals surface area contributed by atoms with Gasteiger partial charge in [0.25, 0.3) is 5.91 Å². The van der Waals surface area contributed by atoms with E-state index in [-0.39, 0.29) is 6.04 Å². The lowest BCUT2D eigenvalue weighted by Crippen LogP contribution is -2.45. The number of nitrogens with zero attached hydrogens (tertiary/aromatic N) is 2. The van der Waals surface area contributed by atoms with Crippen LogP contribution < -0.4 is 16.3 Å². The molecule has 7 nitrogen and oxygen atoms in total. The maximum Gasteiger partial charge on any atom is 0.250 e. The molecule has 154 valence electrons. The zero-order chi connectivity index (χ0) is 20.8. The Morgan fingerprint density at radius 2 is 2.10 bits per heavy atom. The zero-order valence-corrected chi connectivity index (χ0v) is 16.2. The number of phenolic OH excluding ortho intramolecular Hbond substituents is 1. The fourth-order valence-corrected chi connectivity index (χ4v) is 4.21. The molecule has 1 atom stereocenters. The van der Waals surface area contributed by atoms with Crippen molar-refractivity contribution in [2.75, 3.05) is 26.3 Å². The van der Waals surface area contributed by atoms with Crippen LogP contribution >= 0.6 is 0 Å². The van der Waals surface area contributed by atoms with Crippen LogP contribution in [0.5, 0.6) is 5.75 Å². The van der Waals surface area contributed by atoms with Gasteiger partial charge < -0.3 is 20.6 Å². The van der Waals surface area contributed by atoms with Crippen LogP contribution in [0.25, 0.3) is 34.4 Å². The Bertz CT molecular complexity index is 1280. The summed E-state index contributed by atoms with van der Waals surface area (Å²) in [5.41, 5.74) is 8.01. The van der Waals surface area contributed by atoms with Crippen LogP contribution in [0, 0.1) is 5.82 Å². The lowest BCUT2D eigenvalue weighted by molar-refractivity contribution is 0.0290. The van der Waals surface area contributed by atoms with E-state index < -0.39 is 17.5 Å². The molecule has 0 radical (unpaired) electrons. The van der Waals surface area contributed by atoms with Gasteiger partial charge in [0.05, 0.1) is 35.5 Å². The Kier molecular flexibility index (Phi) is 4.52. The Morgan fingerprint density at radius 3 is 2.83 bits per heavy atom. The summed E-state index contributed by atoms with van der Waals surface area (Å²) in [6.45, 7) is 3.21. The lowest BCUT2D eigenvalue weighted by Gasteiger charge is -2.32. The number of hydrogen-bond acceptors (Lipinski definition) is 5. The van der Waals surface area contributed by atoms with Crippen LogP contribution in [0.1, 0.15) is 16.8 Å². The largest absolute Gasteiger partial charge is 0.505 e. The molecule has 3 heterocycles. The minimum absolute atomic E-state index is 0.247. The molecule has 1 fully saturated rings. The minimum atomic E-state index is -0.751. The standard InChI is InChI=1S/C22H21FN4O3/c23-16-9-12(1-4-19(16)28)17-11-15(22(24)29)21-20(25-17)14-3-2-13(10-18(14)26-21)27-5-7-30-8-6-27/h1,3-4,9-11,13,26,28H,2,5-8H2,(H2,24,29). The van der Waals surface area contributed by atoms with Crippen molar-refractivity contribution >= 4 is 29.1 Å². The molecule has 3 aromatic rings. The molecule has 1 unspecified atom stereocenters. The first-order valence-electron chi connectivity index (χ1n) is 9.86. The Balaban J connectivity index is 1.67. The summed E-state index contributed by atoms with van der Waals surface area (Å²) in [6.07, 6.45) is 5.10. The van der Waals surface area contributed by atoms with Crippen molar-refractivity contribution in [1.29, 1.82) is 0 Å². The molecule has 1 amide bonds. The number of morpholine rings is 1. The summed E-state index contributed by atoms with van der Waals surface area (Å²) in [4.78, 5) is 22.5. The number of aromatic nitrogens is 2. The van der Waals surface area contributed by atoms with Gasteiger partial charge in [0.2, 0.25) is 0 Å². The molecule has 8 heteroatoms. The van der Waals surface area contributed by atoms with Crippen molar-refractivity contribution in [3.8, 4) is 17.0 Å².